The van der Waals surface area contributed by atoms with Gasteiger partial charge < -0.3 is 9.64 Å². The first-order chi connectivity index (χ1) is 11.4. The van der Waals surface area contributed by atoms with E-state index in [1.54, 1.807) is 0 Å². The second-order valence-electron chi connectivity index (χ2n) is 5.81. The van der Waals surface area contributed by atoms with E-state index >= 15 is 0 Å². The minimum absolute atomic E-state index is 0.798. The van der Waals surface area contributed by atoms with Crippen LogP contribution < -0.4 is 4.74 Å². The van der Waals surface area contributed by atoms with Crippen molar-refractivity contribution in [1.82, 2.24) is 4.90 Å². The van der Waals surface area contributed by atoms with Crippen molar-refractivity contribution in [2.45, 2.75) is 27.2 Å². The highest BCUT2D eigenvalue weighted by atomic mass is 79.9. The fourth-order valence-electron chi connectivity index (χ4n) is 2.26. The van der Waals surface area contributed by atoms with Crippen LogP contribution >= 0.6 is 31.9 Å². The number of nitrogens with zero attached hydrogens (tertiary/aromatic N) is 2. The van der Waals surface area contributed by atoms with Crippen molar-refractivity contribution in [2.75, 3.05) is 13.6 Å². The SMILES string of the molecule is CCCN(C)/C=N/c1cc(C)c(Oc2ccc(Br)c(Br)c2)cc1C. The lowest BCUT2D eigenvalue weighted by Crippen LogP contribution is -2.16. The lowest BCUT2D eigenvalue weighted by atomic mass is 10.1. The molecule has 128 valence electrons. The third-order valence-electron chi connectivity index (χ3n) is 3.58. The Morgan fingerprint density at radius 3 is 2.50 bits per heavy atom. The Balaban J connectivity index is 2.21. The number of rotatable bonds is 6. The summed E-state index contributed by atoms with van der Waals surface area (Å²) in [5.74, 6) is 1.65. The van der Waals surface area contributed by atoms with E-state index < -0.39 is 0 Å². The second-order valence-corrected chi connectivity index (χ2v) is 7.52. The van der Waals surface area contributed by atoms with Crippen molar-refractivity contribution < 1.29 is 4.74 Å². The van der Waals surface area contributed by atoms with Crippen LogP contribution in [0.15, 0.2) is 44.3 Å². The molecule has 0 atom stereocenters. The molecule has 0 spiro atoms. The molecule has 5 heteroatoms. The van der Waals surface area contributed by atoms with Crippen LogP contribution in [0.3, 0.4) is 0 Å². The van der Waals surface area contributed by atoms with Crippen molar-refractivity contribution in [1.29, 1.82) is 0 Å². The van der Waals surface area contributed by atoms with Gasteiger partial charge in [-0.2, -0.15) is 0 Å². The normalized spacial score (nSPS) is 11.1. The average molecular weight is 454 g/mol. The first-order valence-electron chi connectivity index (χ1n) is 7.89. The zero-order valence-corrected chi connectivity index (χ0v) is 17.6. The monoisotopic (exact) mass is 452 g/mol. The number of aryl methyl sites for hydroxylation is 2. The number of hydrogen-bond donors (Lipinski definition) is 0. The Morgan fingerprint density at radius 1 is 1.08 bits per heavy atom. The van der Waals surface area contributed by atoms with Gasteiger partial charge in [-0.1, -0.05) is 6.92 Å². The van der Waals surface area contributed by atoms with Gasteiger partial charge in [-0.25, -0.2) is 4.99 Å². The van der Waals surface area contributed by atoms with Gasteiger partial charge in [-0.3, -0.25) is 0 Å². The van der Waals surface area contributed by atoms with Gasteiger partial charge in [0.25, 0.3) is 0 Å². The quantitative estimate of drug-likeness (QED) is 0.362. The van der Waals surface area contributed by atoms with Crippen LogP contribution in [0.4, 0.5) is 5.69 Å². The zero-order valence-electron chi connectivity index (χ0n) is 14.4. The van der Waals surface area contributed by atoms with E-state index in [0.29, 0.717) is 0 Å². The summed E-state index contributed by atoms with van der Waals surface area (Å²) in [6.45, 7) is 7.25. The van der Waals surface area contributed by atoms with Gasteiger partial charge >= 0.3 is 0 Å². The molecule has 0 amide bonds. The Hall–Kier alpha value is -1.33. The van der Waals surface area contributed by atoms with Crippen molar-refractivity contribution >= 4 is 43.9 Å². The minimum Gasteiger partial charge on any atom is -0.457 e. The molecular formula is C19H22Br2N2O. The minimum atomic E-state index is 0.798. The van der Waals surface area contributed by atoms with Crippen LogP contribution in [0.1, 0.15) is 24.5 Å². The Labute approximate surface area is 161 Å². The van der Waals surface area contributed by atoms with Crippen LogP contribution in [-0.4, -0.2) is 24.8 Å². The molecular weight excluding hydrogens is 432 g/mol. The predicted molar refractivity (Wildman–Crippen MR) is 109 cm³/mol. The molecule has 0 N–H and O–H groups in total. The Kier molecular flexibility index (Phi) is 6.87. The third kappa shape index (κ3) is 5.08. The maximum absolute atomic E-state index is 6.03. The maximum Gasteiger partial charge on any atom is 0.130 e. The lowest BCUT2D eigenvalue weighted by Gasteiger charge is -2.13. The van der Waals surface area contributed by atoms with Crippen molar-refractivity contribution in [2.24, 2.45) is 4.99 Å². The maximum atomic E-state index is 6.03. The van der Waals surface area contributed by atoms with Crippen LogP contribution in [-0.2, 0) is 0 Å². The molecule has 0 saturated heterocycles. The van der Waals surface area contributed by atoms with Gasteiger partial charge in [0, 0.05) is 22.5 Å². The highest BCUT2D eigenvalue weighted by Gasteiger charge is 2.07. The summed E-state index contributed by atoms with van der Waals surface area (Å²) in [5, 5.41) is 0. The van der Waals surface area contributed by atoms with E-state index in [9.17, 15) is 0 Å². The van der Waals surface area contributed by atoms with Gasteiger partial charge in [0.15, 0.2) is 0 Å². The molecule has 0 radical (unpaired) electrons. The summed E-state index contributed by atoms with van der Waals surface area (Å²) in [7, 11) is 2.04. The van der Waals surface area contributed by atoms with Crippen molar-refractivity contribution in [3.63, 3.8) is 0 Å². The number of halogens is 2. The number of aliphatic imine (C=N–C) groups is 1. The molecule has 0 bridgehead atoms. The highest BCUT2D eigenvalue weighted by Crippen LogP contribution is 2.34. The van der Waals surface area contributed by atoms with Crippen molar-refractivity contribution in [3.05, 3.63) is 50.4 Å². The van der Waals surface area contributed by atoms with Crippen LogP contribution in [0.2, 0.25) is 0 Å². The molecule has 2 aromatic carbocycles. The van der Waals surface area contributed by atoms with Crippen LogP contribution in [0, 0.1) is 13.8 Å². The molecule has 0 heterocycles. The number of benzene rings is 2. The lowest BCUT2D eigenvalue weighted by molar-refractivity contribution is 0.478. The first-order valence-corrected chi connectivity index (χ1v) is 9.48. The smallest absolute Gasteiger partial charge is 0.130 e. The van der Waals surface area contributed by atoms with E-state index in [1.807, 2.05) is 44.6 Å². The van der Waals surface area contributed by atoms with Crippen LogP contribution in [0.25, 0.3) is 0 Å². The molecule has 0 aromatic heterocycles. The van der Waals surface area contributed by atoms with E-state index in [0.717, 1.165) is 50.2 Å². The second kappa shape index (κ2) is 8.67. The van der Waals surface area contributed by atoms with Crippen molar-refractivity contribution in [3.8, 4) is 11.5 Å². The van der Waals surface area contributed by atoms with Crippen LogP contribution in [0.5, 0.6) is 11.5 Å². The standard InChI is InChI=1S/C19H22Br2N2O/c1-5-8-23(4)12-22-18-9-14(3)19(10-13(18)2)24-15-6-7-16(20)17(21)11-15/h6-7,9-12H,5,8H2,1-4H3/b22-12+. The van der Waals surface area contributed by atoms with E-state index in [4.69, 9.17) is 4.74 Å². The Bertz CT molecular complexity index is 744. The average Bonchev–Trinajstić information content (AvgIpc) is 2.53. The predicted octanol–water partition coefficient (Wildman–Crippen LogP) is 6.62. The molecule has 24 heavy (non-hydrogen) atoms. The van der Waals surface area contributed by atoms with Gasteiger partial charge in [0.2, 0.25) is 0 Å². The molecule has 0 saturated carbocycles. The summed E-state index contributed by atoms with van der Waals surface area (Å²) in [5.41, 5.74) is 3.12. The Morgan fingerprint density at radius 2 is 1.83 bits per heavy atom. The van der Waals surface area contributed by atoms with Gasteiger partial charge in [0.1, 0.15) is 11.5 Å². The molecule has 0 aliphatic carbocycles. The van der Waals surface area contributed by atoms with Gasteiger partial charge in [-0.05, 0) is 93.6 Å². The van der Waals surface area contributed by atoms with E-state index in [2.05, 4.69) is 61.7 Å². The third-order valence-corrected chi connectivity index (χ3v) is 5.46. The van der Waals surface area contributed by atoms with E-state index in [1.165, 1.54) is 0 Å². The molecule has 2 aromatic rings. The molecule has 2 rings (SSSR count). The first kappa shape index (κ1) is 19.0. The summed E-state index contributed by atoms with van der Waals surface area (Å²) in [6.07, 6.45) is 2.99. The topological polar surface area (TPSA) is 24.8 Å². The summed E-state index contributed by atoms with van der Waals surface area (Å²) in [6, 6.07) is 9.95. The largest absolute Gasteiger partial charge is 0.457 e. The summed E-state index contributed by atoms with van der Waals surface area (Å²) in [4.78, 5) is 6.69. The molecule has 0 aliphatic heterocycles. The van der Waals surface area contributed by atoms with E-state index in [-0.39, 0.29) is 0 Å². The molecule has 0 aliphatic rings. The number of ether oxygens (including phenoxy) is 1. The molecule has 0 fully saturated rings. The summed E-state index contributed by atoms with van der Waals surface area (Å²) >= 11 is 6.97. The van der Waals surface area contributed by atoms with Gasteiger partial charge in [-0.15, -0.1) is 0 Å². The zero-order chi connectivity index (χ0) is 17.7. The molecule has 3 nitrogen and oxygen atoms in total. The highest BCUT2D eigenvalue weighted by molar-refractivity contribution is 9.13. The van der Waals surface area contributed by atoms with Gasteiger partial charge in [0.05, 0.1) is 12.0 Å². The summed E-state index contributed by atoms with van der Waals surface area (Å²) < 4.78 is 8.00. The molecule has 0 unspecified atom stereocenters. The fraction of sp³-hybridized carbons (Fsp3) is 0.316. The fourth-order valence-corrected chi connectivity index (χ4v) is 2.87. The number of hydrogen-bond acceptors (Lipinski definition) is 2.